The van der Waals surface area contributed by atoms with Gasteiger partial charge in [0.1, 0.15) is 11.4 Å². The molecule has 2 aromatic carbocycles. The van der Waals surface area contributed by atoms with E-state index in [1.54, 1.807) is 18.2 Å². The van der Waals surface area contributed by atoms with Crippen LogP contribution in [0.15, 0.2) is 66.9 Å². The van der Waals surface area contributed by atoms with Gasteiger partial charge in [-0.15, -0.1) is 0 Å². The largest absolute Gasteiger partial charge is 0.476 e. The molecule has 1 N–H and O–H groups in total. The average molecular weight is 414 g/mol. The van der Waals surface area contributed by atoms with E-state index in [2.05, 4.69) is 4.98 Å². The monoisotopic (exact) mass is 413 g/mol. The molecule has 2 heterocycles. The van der Waals surface area contributed by atoms with Gasteiger partial charge < -0.3 is 9.84 Å². The summed E-state index contributed by atoms with van der Waals surface area (Å²) in [6.45, 7) is 0. The average Bonchev–Trinajstić information content (AvgIpc) is 3.15. The van der Waals surface area contributed by atoms with Gasteiger partial charge in [-0.2, -0.15) is 0 Å². The van der Waals surface area contributed by atoms with Gasteiger partial charge in [-0.25, -0.2) is 8.78 Å². The van der Waals surface area contributed by atoms with Crippen LogP contribution >= 0.6 is 11.6 Å². The van der Waals surface area contributed by atoms with Gasteiger partial charge in [0.25, 0.3) is 6.43 Å². The van der Waals surface area contributed by atoms with E-state index in [0.29, 0.717) is 34.9 Å². The van der Waals surface area contributed by atoms with E-state index < -0.39 is 17.6 Å². The summed E-state index contributed by atoms with van der Waals surface area (Å²) in [5.74, 6) is 0.248. The first-order chi connectivity index (χ1) is 14.0. The second-order valence-electron chi connectivity index (χ2n) is 7.62. The number of rotatable bonds is 3. The second-order valence-corrected chi connectivity index (χ2v) is 8.06. The molecule has 1 aromatic heterocycles. The molecule has 0 spiro atoms. The molecule has 0 saturated heterocycles. The number of halogens is 3. The Hall–Kier alpha value is -2.50. The molecule has 3 nitrogen and oxygen atoms in total. The number of ether oxygens (including phenoxy) is 1. The van der Waals surface area contributed by atoms with Crippen molar-refractivity contribution in [1.29, 1.82) is 0 Å². The Morgan fingerprint density at radius 2 is 1.83 bits per heavy atom. The summed E-state index contributed by atoms with van der Waals surface area (Å²) < 4.78 is 32.7. The van der Waals surface area contributed by atoms with E-state index in [-0.39, 0.29) is 11.5 Å². The number of aliphatic hydroxyl groups is 1. The van der Waals surface area contributed by atoms with E-state index in [1.165, 1.54) is 18.3 Å². The van der Waals surface area contributed by atoms with Crippen LogP contribution in [0.4, 0.5) is 8.78 Å². The highest BCUT2D eigenvalue weighted by molar-refractivity contribution is 6.30. The molecular formula is C23H18ClF2NO2. The fourth-order valence-corrected chi connectivity index (χ4v) is 5.07. The van der Waals surface area contributed by atoms with Crippen molar-refractivity contribution in [3.8, 4) is 5.75 Å². The third kappa shape index (κ3) is 2.54. The molecule has 1 saturated carbocycles. The Kier molecular flexibility index (Phi) is 4.16. The molecule has 3 atom stereocenters. The van der Waals surface area contributed by atoms with Gasteiger partial charge in [-0.05, 0) is 24.0 Å². The van der Waals surface area contributed by atoms with Gasteiger partial charge in [0.05, 0.1) is 5.02 Å². The summed E-state index contributed by atoms with van der Waals surface area (Å²) in [6, 6.07) is 17.5. The van der Waals surface area contributed by atoms with Crippen LogP contribution in [0.3, 0.4) is 0 Å². The van der Waals surface area contributed by atoms with E-state index in [0.717, 1.165) is 5.56 Å². The summed E-state index contributed by atoms with van der Waals surface area (Å²) >= 11 is 6.12. The van der Waals surface area contributed by atoms with Gasteiger partial charge >= 0.3 is 0 Å². The van der Waals surface area contributed by atoms with Crippen molar-refractivity contribution in [2.45, 2.75) is 36.4 Å². The summed E-state index contributed by atoms with van der Waals surface area (Å²) in [5.41, 5.74) is -0.530. The first kappa shape index (κ1) is 18.5. The highest BCUT2D eigenvalue weighted by atomic mass is 35.5. The quantitative estimate of drug-likeness (QED) is 0.596. The number of aromatic nitrogens is 1. The molecule has 2 aliphatic rings. The summed E-state index contributed by atoms with van der Waals surface area (Å²) in [5, 5.41) is 12.3. The van der Waals surface area contributed by atoms with Crippen LogP contribution in [0.25, 0.3) is 0 Å². The maximum absolute atomic E-state index is 13.1. The molecule has 29 heavy (non-hydrogen) atoms. The Bertz CT molecular complexity index is 1060. The fourth-order valence-electron chi connectivity index (χ4n) is 4.92. The van der Waals surface area contributed by atoms with Crippen molar-refractivity contribution < 1.29 is 18.6 Å². The van der Waals surface area contributed by atoms with Crippen molar-refractivity contribution >= 4 is 11.6 Å². The maximum Gasteiger partial charge on any atom is 0.263 e. The third-order valence-corrected chi connectivity index (χ3v) is 6.38. The lowest BCUT2D eigenvalue weighted by Gasteiger charge is -2.40. The molecule has 148 valence electrons. The van der Waals surface area contributed by atoms with Crippen LogP contribution in [0.2, 0.25) is 5.02 Å². The standard InChI is InChI=1S/C23H18ClF2NO2/c24-17-12-19-20(27-13-17)22(28)11-10-18(14-4-2-1-3-5-14)23(22,29-19)16-8-6-15(7-9-16)21(25)26/h1-9,12-13,18,21,28H,10-11H2. The lowest BCUT2D eigenvalue weighted by Crippen LogP contribution is -2.48. The van der Waals surface area contributed by atoms with Crippen LogP contribution in [0.1, 0.15) is 47.6 Å². The first-order valence-electron chi connectivity index (χ1n) is 9.46. The van der Waals surface area contributed by atoms with Gasteiger partial charge in [0.2, 0.25) is 0 Å². The zero-order valence-electron chi connectivity index (χ0n) is 15.4. The minimum Gasteiger partial charge on any atom is -0.476 e. The van der Waals surface area contributed by atoms with Crippen molar-refractivity contribution in [1.82, 2.24) is 4.98 Å². The van der Waals surface area contributed by atoms with Crippen LogP contribution in [0.5, 0.6) is 5.75 Å². The molecule has 6 heteroatoms. The lowest BCUT2D eigenvalue weighted by molar-refractivity contribution is -0.107. The smallest absolute Gasteiger partial charge is 0.263 e. The SMILES string of the molecule is OC12CCC(c3ccccc3)C1(c1ccc(C(F)F)cc1)Oc1cc(Cl)cnc12. The van der Waals surface area contributed by atoms with Crippen LogP contribution < -0.4 is 4.74 Å². The van der Waals surface area contributed by atoms with Crippen LogP contribution in [0, 0.1) is 0 Å². The minimum absolute atomic E-state index is 0.0698. The predicted molar refractivity (Wildman–Crippen MR) is 105 cm³/mol. The van der Waals surface area contributed by atoms with E-state index >= 15 is 0 Å². The molecule has 0 bridgehead atoms. The van der Waals surface area contributed by atoms with E-state index in [9.17, 15) is 13.9 Å². The molecule has 1 aliphatic heterocycles. The molecule has 3 unspecified atom stereocenters. The van der Waals surface area contributed by atoms with Crippen molar-refractivity contribution in [2.24, 2.45) is 0 Å². The predicted octanol–water partition coefficient (Wildman–Crippen LogP) is 5.73. The second kappa shape index (κ2) is 6.51. The number of hydrogen-bond donors (Lipinski definition) is 1. The fraction of sp³-hybridized carbons (Fsp3) is 0.261. The number of benzene rings is 2. The maximum atomic E-state index is 13.1. The van der Waals surface area contributed by atoms with Crippen LogP contribution in [-0.4, -0.2) is 10.1 Å². The summed E-state index contributed by atoms with van der Waals surface area (Å²) in [6.07, 6.45) is 0.0372. The van der Waals surface area contributed by atoms with E-state index in [4.69, 9.17) is 16.3 Å². The number of alkyl halides is 2. The minimum atomic E-state index is -2.56. The number of fused-ring (bicyclic) bond motifs is 3. The zero-order valence-corrected chi connectivity index (χ0v) is 16.1. The molecule has 1 aliphatic carbocycles. The van der Waals surface area contributed by atoms with Gasteiger partial charge in [-0.1, -0.05) is 66.2 Å². The first-order valence-corrected chi connectivity index (χ1v) is 9.84. The topological polar surface area (TPSA) is 42.4 Å². The van der Waals surface area contributed by atoms with Crippen molar-refractivity contribution in [3.05, 3.63) is 94.3 Å². The highest BCUT2D eigenvalue weighted by Crippen LogP contribution is 2.66. The highest BCUT2D eigenvalue weighted by Gasteiger charge is 2.69. The van der Waals surface area contributed by atoms with Crippen LogP contribution in [-0.2, 0) is 11.2 Å². The lowest BCUT2D eigenvalue weighted by atomic mass is 9.72. The molecule has 3 aromatic rings. The number of nitrogens with zero attached hydrogens (tertiary/aromatic N) is 1. The number of pyridine rings is 1. The Labute approximate surface area is 171 Å². The Morgan fingerprint density at radius 3 is 2.52 bits per heavy atom. The molecule has 1 fully saturated rings. The molecule has 0 amide bonds. The van der Waals surface area contributed by atoms with E-state index in [1.807, 2.05) is 30.3 Å². The van der Waals surface area contributed by atoms with Gasteiger partial charge in [0.15, 0.2) is 11.2 Å². The molecular weight excluding hydrogens is 396 g/mol. The summed E-state index contributed by atoms with van der Waals surface area (Å²) in [4.78, 5) is 4.39. The normalized spacial score (nSPS) is 27.6. The van der Waals surface area contributed by atoms with Gasteiger partial charge in [0, 0.05) is 23.7 Å². The Morgan fingerprint density at radius 1 is 1.10 bits per heavy atom. The molecule has 5 rings (SSSR count). The number of hydrogen-bond acceptors (Lipinski definition) is 3. The third-order valence-electron chi connectivity index (χ3n) is 6.18. The van der Waals surface area contributed by atoms with Crippen molar-refractivity contribution in [3.63, 3.8) is 0 Å². The van der Waals surface area contributed by atoms with Crippen molar-refractivity contribution in [2.75, 3.05) is 0 Å². The zero-order chi connectivity index (χ0) is 20.2. The van der Waals surface area contributed by atoms with Gasteiger partial charge in [-0.3, -0.25) is 4.98 Å². The Balaban J connectivity index is 1.73. The summed E-state index contributed by atoms with van der Waals surface area (Å²) in [7, 11) is 0. The molecule has 0 radical (unpaired) electrons.